The minimum absolute atomic E-state index is 1.46. The van der Waals surface area contributed by atoms with Gasteiger partial charge in [-0.05, 0) is 14.1 Å². The molecule has 0 aromatic heterocycles. The van der Waals surface area contributed by atoms with Crippen molar-refractivity contribution in [1.82, 2.24) is 4.57 Å². The van der Waals surface area contributed by atoms with Gasteiger partial charge in [0.15, 0.2) is 0 Å². The predicted octanol–water partition coefficient (Wildman–Crippen LogP) is 2.17. The van der Waals surface area contributed by atoms with Crippen molar-refractivity contribution in [3.05, 3.63) is 0 Å². The molecular weight excluding hydrogens is 306 g/mol. The molecule has 0 bridgehead atoms. The van der Waals surface area contributed by atoms with E-state index in [0.29, 0.717) is 0 Å². The lowest BCUT2D eigenvalue weighted by molar-refractivity contribution is 0.669. The van der Waals surface area contributed by atoms with Crippen LogP contribution in [0.1, 0.15) is 0 Å². The SMILES string of the molecule is CN(C)[Si](Br)(Br)Br. The average Bonchev–Trinajstić information content (AvgIpc) is 1.31. The lowest BCUT2D eigenvalue weighted by Crippen LogP contribution is -2.30. The van der Waals surface area contributed by atoms with Crippen LogP contribution in [0, 0.1) is 0 Å². The van der Waals surface area contributed by atoms with Crippen molar-refractivity contribution in [2.45, 2.75) is 0 Å². The molecule has 1 nitrogen and oxygen atoms in total. The molecule has 0 atom stereocenters. The summed E-state index contributed by atoms with van der Waals surface area (Å²) in [5.41, 5.74) is 0. The zero-order chi connectivity index (χ0) is 6.08. The van der Waals surface area contributed by atoms with Crippen molar-refractivity contribution in [3.63, 3.8) is 0 Å². The summed E-state index contributed by atoms with van der Waals surface area (Å²) in [6, 6.07) is 0. The molecule has 7 heavy (non-hydrogen) atoms. The van der Waals surface area contributed by atoms with Gasteiger partial charge < -0.3 is 4.57 Å². The third-order valence-corrected chi connectivity index (χ3v) is 7.90. The van der Waals surface area contributed by atoms with Crippen LogP contribution in [0.15, 0.2) is 0 Å². The second-order valence-electron chi connectivity index (χ2n) is 1.36. The molecule has 0 spiro atoms. The summed E-state index contributed by atoms with van der Waals surface area (Å²) >= 11 is 10.3. The smallest absolute Gasteiger partial charge is 0.304 e. The van der Waals surface area contributed by atoms with E-state index in [1.54, 1.807) is 0 Å². The number of rotatable bonds is 1. The lowest BCUT2D eigenvalue weighted by Gasteiger charge is -2.17. The van der Waals surface area contributed by atoms with Crippen LogP contribution in [-0.2, 0) is 0 Å². The van der Waals surface area contributed by atoms with Crippen molar-refractivity contribution < 1.29 is 0 Å². The molecule has 0 N–H and O–H groups in total. The van der Waals surface area contributed by atoms with Gasteiger partial charge in [-0.1, -0.05) is 45.9 Å². The zero-order valence-electron chi connectivity index (χ0n) is 4.08. The highest BCUT2D eigenvalue weighted by Crippen LogP contribution is 2.28. The van der Waals surface area contributed by atoms with Gasteiger partial charge in [0, 0.05) is 0 Å². The van der Waals surface area contributed by atoms with Crippen LogP contribution in [0.25, 0.3) is 0 Å². The topological polar surface area (TPSA) is 3.24 Å². The van der Waals surface area contributed by atoms with Crippen LogP contribution < -0.4 is 0 Å². The van der Waals surface area contributed by atoms with Gasteiger partial charge >= 0.3 is 4.09 Å². The molecule has 0 saturated carbocycles. The lowest BCUT2D eigenvalue weighted by atomic mass is 11.3. The van der Waals surface area contributed by atoms with Gasteiger partial charge in [0.25, 0.3) is 0 Å². The zero-order valence-corrected chi connectivity index (χ0v) is 9.84. The fraction of sp³-hybridized carbons (Fsp3) is 1.00. The van der Waals surface area contributed by atoms with Crippen molar-refractivity contribution in [2.75, 3.05) is 14.1 Å². The Morgan fingerprint density at radius 3 is 1.29 bits per heavy atom. The van der Waals surface area contributed by atoms with Crippen LogP contribution in [0.4, 0.5) is 0 Å². The molecule has 0 heterocycles. The first-order chi connectivity index (χ1) is 2.94. The molecule has 5 heteroatoms. The summed E-state index contributed by atoms with van der Waals surface area (Å²) in [6.45, 7) is 0. The first-order valence-electron chi connectivity index (χ1n) is 1.68. The number of halogens is 3. The highest BCUT2D eigenvalue weighted by Gasteiger charge is 2.24. The van der Waals surface area contributed by atoms with Crippen LogP contribution in [0.3, 0.4) is 0 Å². The van der Waals surface area contributed by atoms with E-state index in [4.69, 9.17) is 0 Å². The minimum Gasteiger partial charge on any atom is -0.304 e. The fourth-order valence-corrected chi connectivity index (χ4v) is 0. The van der Waals surface area contributed by atoms with Crippen LogP contribution in [-0.4, -0.2) is 22.8 Å². The Morgan fingerprint density at radius 1 is 1.14 bits per heavy atom. The Bertz CT molecular complexity index is 58.4. The summed E-state index contributed by atoms with van der Waals surface area (Å²) in [4.78, 5) is 0. The van der Waals surface area contributed by atoms with E-state index < -0.39 is 4.09 Å². The summed E-state index contributed by atoms with van der Waals surface area (Å²) in [7, 11) is 4.01. The van der Waals surface area contributed by atoms with E-state index >= 15 is 0 Å². The van der Waals surface area contributed by atoms with Gasteiger partial charge in [-0.15, -0.1) is 0 Å². The molecule has 0 radical (unpaired) electrons. The molecule has 0 aromatic rings. The van der Waals surface area contributed by atoms with Gasteiger partial charge in [0.05, 0.1) is 0 Å². The van der Waals surface area contributed by atoms with Crippen molar-refractivity contribution >= 4 is 50.0 Å². The van der Waals surface area contributed by atoms with Crippen LogP contribution in [0.5, 0.6) is 0 Å². The Labute approximate surface area is 68.3 Å². The highest BCUT2D eigenvalue weighted by molar-refractivity contribution is 9.71. The van der Waals surface area contributed by atoms with Gasteiger partial charge in [-0.2, -0.15) is 0 Å². The predicted molar refractivity (Wildman–Crippen MR) is 46.2 cm³/mol. The van der Waals surface area contributed by atoms with Crippen molar-refractivity contribution in [2.24, 2.45) is 0 Å². The first-order valence-corrected chi connectivity index (χ1v) is 10.4. The average molecular weight is 312 g/mol. The van der Waals surface area contributed by atoms with Crippen molar-refractivity contribution in [1.29, 1.82) is 0 Å². The normalized spacial score (nSPS) is 12.9. The molecular formula is C2H6Br3NSi. The summed E-state index contributed by atoms with van der Waals surface area (Å²) in [5.74, 6) is 0. The van der Waals surface area contributed by atoms with E-state index in [0.717, 1.165) is 0 Å². The maximum absolute atomic E-state index is 3.44. The molecule has 0 aliphatic carbocycles. The molecule has 0 aliphatic rings. The minimum atomic E-state index is -1.46. The highest BCUT2D eigenvalue weighted by atomic mass is 80.0. The Balaban J connectivity index is 3.54. The summed E-state index contributed by atoms with van der Waals surface area (Å²) in [5, 5.41) is 0. The molecule has 0 amide bonds. The molecule has 0 rings (SSSR count). The second-order valence-corrected chi connectivity index (χ2v) is 23.1. The quantitative estimate of drug-likeness (QED) is 0.530. The van der Waals surface area contributed by atoms with Gasteiger partial charge in [-0.25, -0.2) is 0 Å². The maximum atomic E-state index is 3.44. The third-order valence-electron chi connectivity index (χ3n) is 0.507. The first kappa shape index (κ1) is 8.62. The Hall–Kier alpha value is 1.62. The molecule has 0 fully saturated rings. The molecule has 0 saturated heterocycles. The molecule has 0 unspecified atom stereocenters. The van der Waals surface area contributed by atoms with Crippen molar-refractivity contribution in [3.8, 4) is 0 Å². The van der Waals surface area contributed by atoms with E-state index in [1.165, 1.54) is 0 Å². The Morgan fingerprint density at radius 2 is 1.29 bits per heavy atom. The van der Waals surface area contributed by atoms with Gasteiger partial charge in [0.2, 0.25) is 0 Å². The molecule has 0 aromatic carbocycles. The fourth-order valence-electron chi connectivity index (χ4n) is 0. The number of nitrogens with zero attached hydrogens (tertiary/aromatic N) is 1. The standard InChI is InChI=1S/C2H6Br3NSi/c1-6(2)7(3,4)5/h1-2H3. The largest absolute Gasteiger partial charge is 0.344 e. The number of hydrogen-bond donors (Lipinski definition) is 0. The van der Waals surface area contributed by atoms with E-state index in [2.05, 4.69) is 50.4 Å². The Kier molecular flexibility index (Phi) is 3.64. The van der Waals surface area contributed by atoms with E-state index in [-0.39, 0.29) is 0 Å². The summed E-state index contributed by atoms with van der Waals surface area (Å²) < 4.78 is 0.613. The third kappa shape index (κ3) is 4.14. The maximum Gasteiger partial charge on any atom is 0.344 e. The molecule has 44 valence electrons. The summed E-state index contributed by atoms with van der Waals surface area (Å²) in [6.07, 6.45) is 0. The molecule has 0 aliphatic heterocycles. The van der Waals surface area contributed by atoms with E-state index in [1.807, 2.05) is 14.1 Å². The van der Waals surface area contributed by atoms with Crippen LogP contribution in [0.2, 0.25) is 0 Å². The van der Waals surface area contributed by atoms with Gasteiger partial charge in [0.1, 0.15) is 0 Å². The monoisotopic (exact) mass is 309 g/mol. The van der Waals surface area contributed by atoms with Crippen LogP contribution >= 0.6 is 45.9 Å². The van der Waals surface area contributed by atoms with E-state index in [9.17, 15) is 0 Å². The van der Waals surface area contributed by atoms with Gasteiger partial charge in [-0.3, -0.25) is 0 Å². The second kappa shape index (κ2) is 2.96. The number of hydrogen-bond acceptors (Lipinski definition) is 1.